The number of fused-ring (bicyclic) bond motifs is 1. The number of nitrogen functional groups attached to an aromatic ring is 1. The lowest BCUT2D eigenvalue weighted by molar-refractivity contribution is 0.0886. The molecule has 1 amide bonds. The van der Waals surface area contributed by atoms with Crippen molar-refractivity contribution in [2.45, 2.75) is 18.9 Å². The minimum Gasteiger partial charge on any atom is -0.399 e. The van der Waals surface area contributed by atoms with Crippen LogP contribution in [-0.4, -0.2) is 34.9 Å². The predicted octanol–water partition coefficient (Wildman–Crippen LogP) is 1.05. The number of H-pyrrole nitrogens is 1. The van der Waals surface area contributed by atoms with Crippen molar-refractivity contribution >= 4 is 22.5 Å². The molecule has 0 spiro atoms. The third-order valence-electron chi connectivity index (χ3n) is 3.44. The Balaban J connectivity index is 1.91. The average molecular weight is 260 g/mol. The molecule has 4 N–H and O–H groups in total. The van der Waals surface area contributed by atoms with Crippen LogP contribution < -0.4 is 11.1 Å². The second-order valence-corrected chi connectivity index (χ2v) is 5.19. The fraction of sp³-hybridized carbons (Fsp3) is 0.385. The summed E-state index contributed by atoms with van der Waals surface area (Å²) in [6.07, 6.45) is 0.809. The molecule has 0 saturated carbocycles. The molecule has 1 fully saturated rings. The fourth-order valence-electron chi connectivity index (χ4n) is 2.30. The maximum atomic E-state index is 12.3. The first-order valence-corrected chi connectivity index (χ1v) is 6.21. The van der Waals surface area contributed by atoms with Crippen LogP contribution in [0.1, 0.15) is 23.8 Å². The second kappa shape index (κ2) is 4.24. The van der Waals surface area contributed by atoms with Crippen molar-refractivity contribution in [3.8, 4) is 0 Å². The lowest BCUT2D eigenvalue weighted by Crippen LogP contribution is -2.46. The Kier molecular flexibility index (Phi) is 2.67. The lowest BCUT2D eigenvalue weighted by atomic mass is 10.0. The van der Waals surface area contributed by atoms with Crippen molar-refractivity contribution in [1.29, 1.82) is 0 Å². The summed E-state index contributed by atoms with van der Waals surface area (Å²) in [4.78, 5) is 12.3. The molecule has 0 bridgehead atoms. The lowest BCUT2D eigenvalue weighted by Gasteiger charge is -2.22. The predicted molar refractivity (Wildman–Crippen MR) is 71.8 cm³/mol. The van der Waals surface area contributed by atoms with Gasteiger partial charge in [0.1, 0.15) is 0 Å². The molecule has 100 valence electrons. The van der Waals surface area contributed by atoms with Crippen LogP contribution in [0.3, 0.4) is 0 Å². The number of nitrogens with two attached hydrogens (primary N) is 1. The number of hydrogen-bond donors (Lipinski definition) is 3. The quantitative estimate of drug-likeness (QED) is 0.704. The summed E-state index contributed by atoms with van der Waals surface area (Å²) < 4.78 is 5.32. The average Bonchev–Trinajstić information content (AvgIpc) is 2.95. The summed E-state index contributed by atoms with van der Waals surface area (Å²) in [7, 11) is 0. The molecule has 0 radical (unpaired) electrons. The second-order valence-electron chi connectivity index (χ2n) is 5.19. The van der Waals surface area contributed by atoms with Crippen LogP contribution in [0.4, 0.5) is 5.69 Å². The number of nitrogens with one attached hydrogen (secondary N) is 2. The number of hydrogen-bond acceptors (Lipinski definition) is 4. The number of rotatable bonds is 2. The van der Waals surface area contributed by atoms with Crippen LogP contribution in [0.2, 0.25) is 0 Å². The highest BCUT2D eigenvalue weighted by Crippen LogP contribution is 2.21. The summed E-state index contributed by atoms with van der Waals surface area (Å²) in [5, 5.41) is 10.6. The monoisotopic (exact) mass is 260 g/mol. The van der Waals surface area contributed by atoms with Crippen molar-refractivity contribution in [3.63, 3.8) is 0 Å². The molecule has 1 saturated heterocycles. The van der Waals surface area contributed by atoms with Gasteiger partial charge in [0.15, 0.2) is 5.69 Å². The van der Waals surface area contributed by atoms with Crippen molar-refractivity contribution in [1.82, 2.24) is 15.5 Å². The first kappa shape index (κ1) is 12.0. The van der Waals surface area contributed by atoms with Gasteiger partial charge in [0, 0.05) is 17.7 Å². The number of aromatic nitrogens is 2. The molecule has 1 atom stereocenters. The topological polar surface area (TPSA) is 93.0 Å². The van der Waals surface area contributed by atoms with E-state index in [1.165, 1.54) is 0 Å². The zero-order chi connectivity index (χ0) is 13.5. The van der Waals surface area contributed by atoms with E-state index in [1.807, 2.05) is 13.0 Å². The molecule has 1 aromatic heterocycles. The molecule has 1 aromatic carbocycles. The number of benzene rings is 1. The Morgan fingerprint density at radius 3 is 3.16 bits per heavy atom. The van der Waals surface area contributed by atoms with Gasteiger partial charge in [0.25, 0.3) is 5.91 Å². The van der Waals surface area contributed by atoms with Gasteiger partial charge in [0.05, 0.1) is 17.7 Å². The number of carbonyl (C=O) groups excluding carboxylic acids is 1. The first-order valence-electron chi connectivity index (χ1n) is 6.21. The van der Waals surface area contributed by atoms with E-state index >= 15 is 0 Å². The minimum atomic E-state index is -0.317. The highest BCUT2D eigenvalue weighted by Gasteiger charge is 2.32. The standard InChI is InChI=1S/C13H16N4O2/c1-13(4-5-19-7-13)15-12(18)11-9-6-8(14)2-3-10(9)16-17-11/h2-3,6H,4-5,7,14H2,1H3,(H,15,18)(H,16,17). The van der Waals surface area contributed by atoms with Crippen LogP contribution in [0, 0.1) is 0 Å². The van der Waals surface area contributed by atoms with E-state index in [9.17, 15) is 4.79 Å². The molecule has 1 aliphatic rings. The third-order valence-corrected chi connectivity index (χ3v) is 3.44. The maximum Gasteiger partial charge on any atom is 0.272 e. The molecular weight excluding hydrogens is 244 g/mol. The summed E-state index contributed by atoms with van der Waals surface area (Å²) in [6, 6.07) is 5.34. The third kappa shape index (κ3) is 2.15. The van der Waals surface area contributed by atoms with E-state index < -0.39 is 0 Å². The van der Waals surface area contributed by atoms with E-state index in [1.54, 1.807) is 12.1 Å². The zero-order valence-electron chi connectivity index (χ0n) is 10.7. The molecule has 6 heteroatoms. The number of amides is 1. The Hall–Kier alpha value is -2.08. The molecule has 1 aliphatic heterocycles. The Bertz CT molecular complexity index is 629. The highest BCUT2D eigenvalue weighted by atomic mass is 16.5. The summed E-state index contributed by atoms with van der Waals surface area (Å²) in [6.45, 7) is 3.18. The number of nitrogens with zero attached hydrogens (tertiary/aromatic N) is 1. The normalized spacial score (nSPS) is 22.8. The van der Waals surface area contributed by atoms with Crippen molar-refractivity contribution in [2.75, 3.05) is 18.9 Å². The first-order chi connectivity index (χ1) is 9.07. The summed E-state index contributed by atoms with van der Waals surface area (Å²) in [5.41, 5.74) is 7.21. The molecule has 19 heavy (non-hydrogen) atoms. The number of aromatic amines is 1. The van der Waals surface area contributed by atoms with Gasteiger partial charge >= 0.3 is 0 Å². The SMILES string of the molecule is CC1(NC(=O)c2n[nH]c3ccc(N)cc23)CCOC1. The van der Waals surface area contributed by atoms with Gasteiger partial charge in [-0.15, -0.1) is 0 Å². The maximum absolute atomic E-state index is 12.3. The van der Waals surface area contributed by atoms with E-state index in [0.717, 1.165) is 17.3 Å². The van der Waals surface area contributed by atoms with Gasteiger partial charge in [-0.3, -0.25) is 9.89 Å². The van der Waals surface area contributed by atoms with Crippen molar-refractivity contribution in [3.05, 3.63) is 23.9 Å². The van der Waals surface area contributed by atoms with Gasteiger partial charge in [0.2, 0.25) is 0 Å². The van der Waals surface area contributed by atoms with E-state index in [-0.39, 0.29) is 11.4 Å². The number of carbonyl (C=O) groups is 1. The van der Waals surface area contributed by atoms with Gasteiger partial charge in [-0.05, 0) is 31.5 Å². The van der Waals surface area contributed by atoms with Crippen molar-refractivity contribution in [2.24, 2.45) is 0 Å². The molecular formula is C13H16N4O2. The molecule has 3 rings (SSSR count). The number of anilines is 1. The Morgan fingerprint density at radius 1 is 1.58 bits per heavy atom. The molecule has 1 unspecified atom stereocenters. The summed E-state index contributed by atoms with van der Waals surface area (Å²) >= 11 is 0. The minimum absolute atomic E-state index is 0.204. The Morgan fingerprint density at radius 2 is 2.42 bits per heavy atom. The zero-order valence-corrected chi connectivity index (χ0v) is 10.7. The fourth-order valence-corrected chi connectivity index (χ4v) is 2.30. The van der Waals surface area contributed by atoms with E-state index in [0.29, 0.717) is 24.6 Å². The van der Waals surface area contributed by atoms with Crippen LogP contribution in [-0.2, 0) is 4.74 Å². The van der Waals surface area contributed by atoms with Crippen LogP contribution >= 0.6 is 0 Å². The molecule has 6 nitrogen and oxygen atoms in total. The van der Waals surface area contributed by atoms with E-state index in [2.05, 4.69) is 15.5 Å². The number of ether oxygens (including phenoxy) is 1. The molecule has 2 aromatic rings. The summed E-state index contributed by atoms with van der Waals surface area (Å²) in [5.74, 6) is -0.204. The molecule has 0 aliphatic carbocycles. The van der Waals surface area contributed by atoms with Crippen LogP contribution in [0.5, 0.6) is 0 Å². The van der Waals surface area contributed by atoms with Gasteiger partial charge in [-0.2, -0.15) is 5.10 Å². The molecule has 2 heterocycles. The Labute approximate surface area is 110 Å². The smallest absolute Gasteiger partial charge is 0.272 e. The van der Waals surface area contributed by atoms with Crippen LogP contribution in [0.15, 0.2) is 18.2 Å². The van der Waals surface area contributed by atoms with Crippen LogP contribution in [0.25, 0.3) is 10.9 Å². The van der Waals surface area contributed by atoms with Gasteiger partial charge in [-0.1, -0.05) is 0 Å². The highest BCUT2D eigenvalue weighted by molar-refractivity contribution is 6.05. The van der Waals surface area contributed by atoms with Gasteiger partial charge in [-0.25, -0.2) is 0 Å². The largest absolute Gasteiger partial charge is 0.399 e. The van der Waals surface area contributed by atoms with E-state index in [4.69, 9.17) is 10.5 Å². The van der Waals surface area contributed by atoms with Gasteiger partial charge < -0.3 is 15.8 Å². The van der Waals surface area contributed by atoms with Crippen molar-refractivity contribution < 1.29 is 9.53 Å².